The number of rotatable bonds is 4. The second-order valence-corrected chi connectivity index (χ2v) is 11.2. The molecular weight excluding hydrogens is 174 g/mol. The lowest BCUT2D eigenvalue weighted by molar-refractivity contribution is 1.23. The highest BCUT2D eigenvalue weighted by atomic mass is 28.4. The van der Waals surface area contributed by atoms with Crippen molar-refractivity contribution in [1.29, 1.82) is 0 Å². The van der Waals surface area contributed by atoms with E-state index in [0.29, 0.717) is 0 Å². The fourth-order valence-corrected chi connectivity index (χ4v) is 10.5. The highest BCUT2D eigenvalue weighted by Crippen LogP contribution is 1.88. The van der Waals surface area contributed by atoms with Gasteiger partial charge in [-0.3, -0.25) is 0 Å². The van der Waals surface area contributed by atoms with Crippen molar-refractivity contribution >= 4 is 27.2 Å². The van der Waals surface area contributed by atoms with E-state index in [1.165, 1.54) is 0 Å². The van der Waals surface area contributed by atoms with Crippen molar-refractivity contribution in [3.63, 3.8) is 0 Å². The minimum atomic E-state index is -1.27. The molecule has 1 unspecified atom stereocenters. The van der Waals surface area contributed by atoms with Crippen LogP contribution in [0.5, 0.6) is 0 Å². The minimum absolute atomic E-state index is 0.0173. The molecule has 3 nitrogen and oxygen atoms in total. The van der Waals surface area contributed by atoms with Crippen molar-refractivity contribution in [2.75, 3.05) is 0 Å². The average Bonchev–Trinajstić information content (AvgIpc) is 1.59. The molecule has 0 radical (unpaired) electrons. The first-order valence-electron chi connectivity index (χ1n) is 3.76. The van der Waals surface area contributed by atoms with Crippen LogP contribution in [-0.2, 0) is 0 Å². The van der Waals surface area contributed by atoms with Crippen LogP contribution in [0.15, 0.2) is 0 Å². The standard InChI is InChI=1S/C4H19N3Si3/c1-8-6-10(3,4)7-9(2)5/h6-7,9H,5,8H2,1-4H3. The van der Waals surface area contributed by atoms with Gasteiger partial charge in [0.2, 0.25) is 0 Å². The summed E-state index contributed by atoms with van der Waals surface area (Å²) in [6, 6.07) is 0. The summed E-state index contributed by atoms with van der Waals surface area (Å²) in [7, 11) is -2.34. The Morgan fingerprint density at radius 3 is 2.30 bits per heavy atom. The van der Waals surface area contributed by atoms with Crippen LogP contribution in [0.4, 0.5) is 0 Å². The molecule has 0 spiro atoms. The van der Waals surface area contributed by atoms with Gasteiger partial charge >= 0.3 is 0 Å². The molecule has 0 aliphatic carbocycles. The van der Waals surface area contributed by atoms with Gasteiger partial charge in [0.05, 0.1) is 9.68 Å². The van der Waals surface area contributed by atoms with E-state index in [0.717, 1.165) is 0 Å². The summed E-state index contributed by atoms with van der Waals surface area (Å²) < 4.78 is 7.07. The van der Waals surface area contributed by atoms with Gasteiger partial charge in [-0.15, -0.1) is 0 Å². The van der Waals surface area contributed by atoms with Crippen LogP contribution in [0.1, 0.15) is 0 Å². The first kappa shape index (κ1) is 10.5. The first-order valence-corrected chi connectivity index (χ1v) is 11.3. The van der Waals surface area contributed by atoms with Crippen molar-refractivity contribution in [3.05, 3.63) is 0 Å². The molecule has 0 aromatic rings. The van der Waals surface area contributed by atoms with Crippen LogP contribution in [0.25, 0.3) is 0 Å². The molecule has 62 valence electrons. The summed E-state index contributed by atoms with van der Waals surface area (Å²) in [5.41, 5.74) is 0. The molecule has 0 saturated carbocycles. The normalized spacial score (nSPS) is 16.5. The first-order chi connectivity index (χ1) is 4.48. The van der Waals surface area contributed by atoms with Gasteiger partial charge in [0.1, 0.15) is 0 Å². The molecule has 0 bridgehead atoms. The highest BCUT2D eigenvalue weighted by molar-refractivity contribution is 6.85. The summed E-state index contributed by atoms with van der Waals surface area (Å²) in [6.45, 7) is 8.94. The van der Waals surface area contributed by atoms with E-state index in [1.807, 2.05) is 0 Å². The van der Waals surface area contributed by atoms with Gasteiger partial charge in [-0.2, -0.15) is 0 Å². The fourth-order valence-electron chi connectivity index (χ4n) is 1.06. The van der Waals surface area contributed by atoms with Crippen LogP contribution in [0.2, 0.25) is 26.2 Å². The van der Waals surface area contributed by atoms with E-state index in [1.54, 1.807) is 0 Å². The van der Waals surface area contributed by atoms with Crippen molar-refractivity contribution in [2.45, 2.75) is 26.2 Å². The Labute approximate surface area is 68.6 Å². The molecule has 0 rings (SSSR count). The predicted molar refractivity (Wildman–Crippen MR) is 55.4 cm³/mol. The number of nitrogens with two attached hydrogens (primary N) is 1. The Bertz CT molecular complexity index is 95.7. The summed E-state index contributed by atoms with van der Waals surface area (Å²) in [5.74, 6) is 0. The molecule has 4 N–H and O–H groups in total. The predicted octanol–water partition coefficient (Wildman–Crippen LogP) is -1.19. The second-order valence-electron chi connectivity index (χ2n) is 3.09. The molecule has 10 heavy (non-hydrogen) atoms. The van der Waals surface area contributed by atoms with Gasteiger partial charge in [0.15, 0.2) is 17.5 Å². The van der Waals surface area contributed by atoms with Crippen molar-refractivity contribution in [3.8, 4) is 0 Å². The highest BCUT2D eigenvalue weighted by Gasteiger charge is 2.19. The lowest BCUT2D eigenvalue weighted by atomic mass is 11.9. The topological polar surface area (TPSA) is 50.1 Å². The van der Waals surface area contributed by atoms with Gasteiger partial charge in [0, 0.05) is 0 Å². The Hall–Kier alpha value is 0.531. The largest absolute Gasteiger partial charge is 0.353 e. The molecule has 0 aliphatic rings. The van der Waals surface area contributed by atoms with E-state index in [9.17, 15) is 0 Å². The van der Waals surface area contributed by atoms with Gasteiger partial charge in [-0.05, 0) is 19.6 Å². The summed E-state index contributed by atoms with van der Waals surface area (Å²) in [4.78, 5) is 0. The quantitative estimate of drug-likeness (QED) is 0.492. The fraction of sp³-hybridized carbons (Fsp3) is 1.00. The molecule has 0 aromatic carbocycles. The SMILES string of the molecule is C[SiH2]N[Si](C)(C)N[SiH](C)N. The summed E-state index contributed by atoms with van der Waals surface area (Å²) in [6.07, 6.45) is 0. The van der Waals surface area contributed by atoms with Crippen LogP contribution in [0.3, 0.4) is 0 Å². The van der Waals surface area contributed by atoms with E-state index >= 15 is 0 Å². The van der Waals surface area contributed by atoms with E-state index < -0.39 is 17.5 Å². The zero-order chi connectivity index (χ0) is 8.20. The lowest BCUT2D eigenvalue weighted by Gasteiger charge is -2.26. The lowest BCUT2D eigenvalue weighted by Crippen LogP contribution is -2.64. The van der Waals surface area contributed by atoms with Crippen LogP contribution >= 0.6 is 0 Å². The average molecular weight is 193 g/mol. The van der Waals surface area contributed by atoms with Gasteiger partial charge < -0.3 is 14.7 Å². The minimum Gasteiger partial charge on any atom is -0.353 e. The van der Waals surface area contributed by atoms with E-state index in [2.05, 4.69) is 35.5 Å². The van der Waals surface area contributed by atoms with Crippen LogP contribution < -0.4 is 14.7 Å². The van der Waals surface area contributed by atoms with Gasteiger partial charge in [-0.1, -0.05) is 6.55 Å². The van der Waals surface area contributed by atoms with Gasteiger partial charge in [0.25, 0.3) is 0 Å². The van der Waals surface area contributed by atoms with E-state index in [-0.39, 0.29) is 9.68 Å². The van der Waals surface area contributed by atoms with Crippen molar-refractivity contribution in [2.24, 2.45) is 5.40 Å². The van der Waals surface area contributed by atoms with Gasteiger partial charge in [-0.25, -0.2) is 0 Å². The Balaban J connectivity index is 3.63. The maximum Gasteiger partial charge on any atom is 0.182 e. The van der Waals surface area contributed by atoms with Crippen LogP contribution in [-0.4, -0.2) is 27.2 Å². The molecule has 0 fully saturated rings. The van der Waals surface area contributed by atoms with Crippen molar-refractivity contribution < 1.29 is 0 Å². The van der Waals surface area contributed by atoms with Crippen molar-refractivity contribution in [1.82, 2.24) is 9.30 Å². The summed E-state index contributed by atoms with van der Waals surface area (Å²) >= 11 is 0. The molecule has 6 heteroatoms. The summed E-state index contributed by atoms with van der Waals surface area (Å²) in [5, 5.41) is 5.75. The third kappa shape index (κ3) is 5.33. The number of hydrogen-bond donors (Lipinski definition) is 3. The maximum atomic E-state index is 5.75. The monoisotopic (exact) mass is 193 g/mol. The maximum absolute atomic E-state index is 5.75. The Morgan fingerprint density at radius 2 is 2.00 bits per heavy atom. The van der Waals surface area contributed by atoms with E-state index in [4.69, 9.17) is 5.40 Å². The molecule has 0 saturated heterocycles. The molecule has 0 amide bonds. The Morgan fingerprint density at radius 1 is 1.50 bits per heavy atom. The zero-order valence-electron chi connectivity index (χ0n) is 7.36. The Kier molecular flexibility index (Phi) is 4.65. The number of nitrogens with one attached hydrogen (secondary N) is 2. The molecule has 0 aromatic heterocycles. The second kappa shape index (κ2) is 4.42. The smallest absolute Gasteiger partial charge is 0.182 e. The molecule has 1 atom stereocenters. The molecule has 0 aliphatic heterocycles. The number of hydrogen-bond acceptors (Lipinski definition) is 3. The zero-order valence-corrected chi connectivity index (χ0v) is 10.9. The molecular formula is C4H19N3Si3. The third-order valence-electron chi connectivity index (χ3n) is 1.21. The van der Waals surface area contributed by atoms with Crippen LogP contribution in [0, 0.1) is 0 Å². The molecule has 0 heterocycles. The third-order valence-corrected chi connectivity index (χ3v) is 10.9.